The van der Waals surface area contributed by atoms with Crippen molar-refractivity contribution >= 4 is 0 Å². The van der Waals surface area contributed by atoms with Gasteiger partial charge < -0.3 is 5.73 Å². The van der Waals surface area contributed by atoms with Crippen LogP contribution in [0.5, 0.6) is 0 Å². The van der Waals surface area contributed by atoms with E-state index in [2.05, 4.69) is 25.7 Å². The standard InChI is InChI=1S/C18H36N2/c1-4-16-7-9-18(15-19,10-8-16)20-13-11-17(5-2,6-3)12-14-20/h16H,4-15,19H2,1-3H3. The molecule has 0 unspecified atom stereocenters. The molecule has 0 aromatic carbocycles. The Bertz CT molecular complexity index is 278. The highest BCUT2D eigenvalue weighted by molar-refractivity contribution is 4.98. The van der Waals surface area contributed by atoms with E-state index in [1.165, 1.54) is 70.9 Å². The molecule has 2 rings (SSSR count). The van der Waals surface area contributed by atoms with Gasteiger partial charge in [-0.15, -0.1) is 0 Å². The summed E-state index contributed by atoms with van der Waals surface area (Å²) in [5.74, 6) is 0.963. The molecule has 1 saturated carbocycles. The predicted molar refractivity (Wildman–Crippen MR) is 87.9 cm³/mol. The molecule has 0 aromatic heterocycles. The molecule has 2 aliphatic rings. The van der Waals surface area contributed by atoms with Gasteiger partial charge >= 0.3 is 0 Å². The summed E-state index contributed by atoms with van der Waals surface area (Å²) in [7, 11) is 0. The van der Waals surface area contributed by atoms with Gasteiger partial charge in [0, 0.05) is 12.1 Å². The van der Waals surface area contributed by atoms with Crippen LogP contribution in [0.3, 0.4) is 0 Å². The molecule has 2 N–H and O–H groups in total. The summed E-state index contributed by atoms with van der Waals surface area (Å²) in [6.45, 7) is 10.5. The van der Waals surface area contributed by atoms with E-state index in [9.17, 15) is 0 Å². The molecular formula is C18H36N2. The highest BCUT2D eigenvalue weighted by Crippen LogP contribution is 2.43. The molecule has 2 nitrogen and oxygen atoms in total. The SMILES string of the molecule is CCC1CCC(CN)(N2CCC(CC)(CC)CC2)CC1. The average molecular weight is 280 g/mol. The van der Waals surface area contributed by atoms with Crippen molar-refractivity contribution in [2.75, 3.05) is 19.6 Å². The van der Waals surface area contributed by atoms with Gasteiger partial charge in [0.25, 0.3) is 0 Å². The van der Waals surface area contributed by atoms with Crippen molar-refractivity contribution < 1.29 is 0 Å². The number of rotatable bonds is 5. The molecule has 2 fully saturated rings. The summed E-state index contributed by atoms with van der Waals surface area (Å²) in [5.41, 5.74) is 7.23. The van der Waals surface area contributed by atoms with Gasteiger partial charge in [-0.05, 0) is 62.9 Å². The molecule has 0 bridgehead atoms. The Balaban J connectivity index is 1.97. The fraction of sp³-hybridized carbons (Fsp3) is 1.00. The highest BCUT2D eigenvalue weighted by Gasteiger charge is 2.42. The summed E-state index contributed by atoms with van der Waals surface area (Å²) in [6, 6.07) is 0. The highest BCUT2D eigenvalue weighted by atomic mass is 15.2. The molecule has 20 heavy (non-hydrogen) atoms. The van der Waals surface area contributed by atoms with Crippen molar-refractivity contribution in [2.45, 2.75) is 84.1 Å². The molecule has 1 aliphatic carbocycles. The first kappa shape index (κ1) is 16.3. The molecule has 0 radical (unpaired) electrons. The van der Waals surface area contributed by atoms with Crippen LogP contribution in [0, 0.1) is 11.3 Å². The summed E-state index contributed by atoms with van der Waals surface area (Å²) >= 11 is 0. The van der Waals surface area contributed by atoms with Crippen LogP contribution in [0.2, 0.25) is 0 Å². The number of hydrogen-bond donors (Lipinski definition) is 1. The van der Waals surface area contributed by atoms with Gasteiger partial charge in [-0.3, -0.25) is 4.90 Å². The van der Waals surface area contributed by atoms with Crippen LogP contribution in [0.25, 0.3) is 0 Å². The Morgan fingerprint density at radius 3 is 1.90 bits per heavy atom. The van der Waals surface area contributed by atoms with Gasteiger partial charge in [0.2, 0.25) is 0 Å². The Hall–Kier alpha value is -0.0800. The summed E-state index contributed by atoms with van der Waals surface area (Å²) in [6.07, 6.45) is 12.3. The molecule has 0 spiro atoms. The van der Waals surface area contributed by atoms with E-state index >= 15 is 0 Å². The van der Waals surface area contributed by atoms with E-state index in [1.807, 2.05) is 0 Å². The number of likely N-dealkylation sites (tertiary alicyclic amines) is 1. The van der Waals surface area contributed by atoms with Crippen LogP contribution in [0.4, 0.5) is 0 Å². The first-order valence-electron chi connectivity index (χ1n) is 9.09. The predicted octanol–water partition coefficient (Wildman–Crippen LogP) is 4.19. The first-order valence-corrected chi connectivity index (χ1v) is 9.09. The fourth-order valence-corrected chi connectivity index (χ4v) is 4.69. The van der Waals surface area contributed by atoms with E-state index in [1.54, 1.807) is 0 Å². The van der Waals surface area contributed by atoms with Gasteiger partial charge in [-0.1, -0.05) is 40.0 Å². The minimum absolute atomic E-state index is 0.347. The molecule has 0 atom stereocenters. The Morgan fingerprint density at radius 2 is 1.50 bits per heavy atom. The second-order valence-electron chi connectivity index (χ2n) is 7.47. The summed E-state index contributed by atoms with van der Waals surface area (Å²) in [5, 5.41) is 0. The van der Waals surface area contributed by atoms with Gasteiger partial charge in [0.15, 0.2) is 0 Å². The van der Waals surface area contributed by atoms with Crippen LogP contribution in [-0.4, -0.2) is 30.1 Å². The van der Waals surface area contributed by atoms with Crippen molar-refractivity contribution in [3.63, 3.8) is 0 Å². The van der Waals surface area contributed by atoms with Gasteiger partial charge in [0.1, 0.15) is 0 Å². The van der Waals surface area contributed by atoms with Crippen LogP contribution in [0.1, 0.15) is 78.6 Å². The molecular weight excluding hydrogens is 244 g/mol. The van der Waals surface area contributed by atoms with E-state index in [4.69, 9.17) is 5.73 Å². The van der Waals surface area contributed by atoms with Crippen LogP contribution in [0.15, 0.2) is 0 Å². The molecule has 0 amide bonds. The van der Waals surface area contributed by atoms with Gasteiger partial charge in [0.05, 0.1) is 0 Å². The Labute approximate surface area is 126 Å². The average Bonchev–Trinajstić information content (AvgIpc) is 2.55. The molecule has 118 valence electrons. The third-order valence-electron chi connectivity index (χ3n) is 6.99. The minimum Gasteiger partial charge on any atom is -0.329 e. The smallest absolute Gasteiger partial charge is 0.0331 e. The minimum atomic E-state index is 0.347. The second kappa shape index (κ2) is 6.79. The van der Waals surface area contributed by atoms with Crippen LogP contribution in [-0.2, 0) is 0 Å². The summed E-state index contributed by atoms with van der Waals surface area (Å²) in [4.78, 5) is 2.78. The summed E-state index contributed by atoms with van der Waals surface area (Å²) < 4.78 is 0. The normalized spacial score (nSPS) is 35.1. The topological polar surface area (TPSA) is 29.3 Å². The molecule has 1 heterocycles. The van der Waals surface area contributed by atoms with Gasteiger partial charge in [-0.25, -0.2) is 0 Å². The maximum Gasteiger partial charge on any atom is 0.0331 e. The van der Waals surface area contributed by atoms with Crippen molar-refractivity contribution in [2.24, 2.45) is 17.1 Å². The van der Waals surface area contributed by atoms with E-state index in [0.717, 1.165) is 12.5 Å². The lowest BCUT2D eigenvalue weighted by Gasteiger charge is -2.52. The number of nitrogens with two attached hydrogens (primary N) is 1. The van der Waals surface area contributed by atoms with Crippen molar-refractivity contribution in [1.29, 1.82) is 0 Å². The lowest BCUT2D eigenvalue weighted by atomic mass is 9.70. The maximum absolute atomic E-state index is 6.25. The zero-order valence-corrected chi connectivity index (χ0v) is 14.1. The third-order valence-corrected chi connectivity index (χ3v) is 6.99. The van der Waals surface area contributed by atoms with E-state index in [0.29, 0.717) is 11.0 Å². The van der Waals surface area contributed by atoms with E-state index < -0.39 is 0 Å². The molecule has 0 aromatic rings. The quantitative estimate of drug-likeness (QED) is 0.818. The van der Waals surface area contributed by atoms with Gasteiger partial charge in [-0.2, -0.15) is 0 Å². The fourth-order valence-electron chi connectivity index (χ4n) is 4.69. The first-order chi connectivity index (χ1) is 9.63. The zero-order valence-electron chi connectivity index (χ0n) is 14.1. The van der Waals surface area contributed by atoms with Crippen LogP contribution < -0.4 is 5.73 Å². The Morgan fingerprint density at radius 1 is 0.950 bits per heavy atom. The van der Waals surface area contributed by atoms with Crippen LogP contribution >= 0.6 is 0 Å². The molecule has 1 saturated heterocycles. The maximum atomic E-state index is 6.25. The van der Waals surface area contributed by atoms with Crippen molar-refractivity contribution in [1.82, 2.24) is 4.90 Å². The lowest BCUT2D eigenvalue weighted by Crippen LogP contribution is -2.58. The number of piperidine rings is 1. The number of nitrogens with zero attached hydrogens (tertiary/aromatic N) is 1. The van der Waals surface area contributed by atoms with Crippen molar-refractivity contribution in [3.8, 4) is 0 Å². The number of hydrogen-bond acceptors (Lipinski definition) is 2. The largest absolute Gasteiger partial charge is 0.329 e. The monoisotopic (exact) mass is 280 g/mol. The zero-order chi connectivity index (χ0) is 14.6. The molecule has 1 aliphatic heterocycles. The van der Waals surface area contributed by atoms with E-state index in [-0.39, 0.29) is 0 Å². The Kier molecular flexibility index (Phi) is 5.53. The lowest BCUT2D eigenvalue weighted by molar-refractivity contribution is -0.0114. The third kappa shape index (κ3) is 3.06. The molecule has 2 heteroatoms. The second-order valence-corrected chi connectivity index (χ2v) is 7.47. The van der Waals surface area contributed by atoms with Crippen molar-refractivity contribution in [3.05, 3.63) is 0 Å².